The van der Waals surface area contributed by atoms with E-state index in [4.69, 9.17) is 0 Å². The first-order valence-electron chi connectivity index (χ1n) is 14.9. The van der Waals surface area contributed by atoms with Crippen LogP contribution in [-0.4, -0.2) is 55.5 Å². The summed E-state index contributed by atoms with van der Waals surface area (Å²) < 4.78 is 1.92. The molecule has 5 unspecified atom stereocenters. The van der Waals surface area contributed by atoms with E-state index >= 15 is 0 Å². The monoisotopic (exact) mass is 519 g/mol. The van der Waals surface area contributed by atoms with Gasteiger partial charge in [-0.2, -0.15) is 0 Å². The molecule has 4 bridgehead atoms. The quantitative estimate of drug-likeness (QED) is 0.639. The normalized spacial score (nSPS) is 37.1. The Morgan fingerprint density at radius 3 is 2.18 bits per heavy atom. The summed E-state index contributed by atoms with van der Waals surface area (Å²) in [5.41, 5.74) is 0.252. The van der Waals surface area contributed by atoms with Gasteiger partial charge in [0.1, 0.15) is 0 Å². The van der Waals surface area contributed by atoms with Gasteiger partial charge in [-0.1, -0.05) is 37.8 Å². The van der Waals surface area contributed by atoms with Gasteiger partial charge in [0, 0.05) is 24.2 Å². The van der Waals surface area contributed by atoms with E-state index in [0.29, 0.717) is 23.6 Å². The minimum absolute atomic E-state index is 0.0203. The van der Waals surface area contributed by atoms with Crippen LogP contribution in [0.1, 0.15) is 90.5 Å². The van der Waals surface area contributed by atoms with Crippen LogP contribution in [0.25, 0.3) is 11.0 Å². The predicted octanol–water partition coefficient (Wildman–Crippen LogP) is 3.91. The number of hydrogen-bond donors (Lipinski definition) is 2. The number of anilines is 1. The standard InChI is InChI=1S/C30H41N5O3/c1-30(2)28(37)35(29(38)32-30)26-27(36)34(25-12-4-3-11-24(25)31-26)23-16-20-9-6-10-21(17-23)33(20)22-14-18-7-5-8-19(13-18)15-22/h3-4,11-12,18-23,29,32,38H,5-10,13-17H2,1-2H3. The first kappa shape index (κ1) is 24.7. The van der Waals surface area contributed by atoms with Gasteiger partial charge in [-0.3, -0.25) is 19.8 Å². The highest BCUT2D eigenvalue weighted by Gasteiger charge is 2.48. The number of aromatic nitrogens is 2. The smallest absolute Gasteiger partial charge is 0.294 e. The van der Waals surface area contributed by atoms with Crippen molar-refractivity contribution in [1.29, 1.82) is 0 Å². The molecule has 8 heteroatoms. The van der Waals surface area contributed by atoms with Gasteiger partial charge in [-0.05, 0) is 82.8 Å². The van der Waals surface area contributed by atoms with Gasteiger partial charge in [0.2, 0.25) is 5.82 Å². The Hall–Kier alpha value is -2.29. The lowest BCUT2D eigenvalue weighted by atomic mass is 9.68. The Morgan fingerprint density at radius 2 is 1.53 bits per heavy atom. The van der Waals surface area contributed by atoms with Crippen LogP contribution in [0.3, 0.4) is 0 Å². The third kappa shape index (κ3) is 3.94. The van der Waals surface area contributed by atoms with E-state index in [1.165, 1.54) is 57.8 Å². The summed E-state index contributed by atoms with van der Waals surface area (Å²) in [5, 5.41) is 13.6. The molecule has 4 heterocycles. The number of aliphatic hydroxyl groups excluding tert-OH is 1. The highest BCUT2D eigenvalue weighted by Crippen LogP contribution is 2.47. The number of benzene rings is 1. The van der Waals surface area contributed by atoms with Crippen LogP contribution in [0.5, 0.6) is 0 Å². The molecule has 2 N–H and O–H groups in total. The molecule has 2 saturated carbocycles. The van der Waals surface area contributed by atoms with Gasteiger partial charge in [-0.25, -0.2) is 9.88 Å². The Morgan fingerprint density at radius 1 is 0.868 bits per heavy atom. The lowest BCUT2D eigenvalue weighted by molar-refractivity contribution is -0.121. The third-order valence-electron chi connectivity index (χ3n) is 10.4. The van der Waals surface area contributed by atoms with Crippen LogP contribution in [0.15, 0.2) is 29.1 Å². The highest BCUT2D eigenvalue weighted by molar-refractivity contribution is 6.01. The van der Waals surface area contributed by atoms with E-state index in [9.17, 15) is 14.7 Å². The number of nitrogens with zero attached hydrogens (tertiary/aromatic N) is 4. The Kier molecular flexibility index (Phi) is 5.94. The minimum atomic E-state index is -1.28. The van der Waals surface area contributed by atoms with Crippen LogP contribution >= 0.6 is 0 Å². The number of aliphatic hydroxyl groups is 1. The van der Waals surface area contributed by atoms with Crippen molar-refractivity contribution in [3.63, 3.8) is 0 Å². The number of carbonyl (C=O) groups excluding carboxylic acids is 1. The molecule has 0 spiro atoms. The number of amides is 1. The molecule has 204 valence electrons. The van der Waals surface area contributed by atoms with Crippen molar-refractivity contribution in [2.75, 3.05) is 4.90 Å². The second kappa shape index (κ2) is 9.14. The second-order valence-corrected chi connectivity index (χ2v) is 13.3. The number of rotatable bonds is 3. The van der Waals surface area contributed by atoms with Crippen molar-refractivity contribution in [1.82, 2.24) is 19.8 Å². The molecule has 38 heavy (non-hydrogen) atoms. The molecule has 0 radical (unpaired) electrons. The number of nitrogens with one attached hydrogen (secondary N) is 1. The Labute approximate surface area is 224 Å². The fraction of sp³-hybridized carbons (Fsp3) is 0.700. The molecular formula is C30H41N5O3. The molecule has 2 aliphatic carbocycles. The number of hydrogen-bond acceptors (Lipinski definition) is 6. The van der Waals surface area contributed by atoms with Gasteiger partial charge in [-0.15, -0.1) is 0 Å². The van der Waals surface area contributed by atoms with Crippen molar-refractivity contribution < 1.29 is 9.90 Å². The summed E-state index contributed by atoms with van der Waals surface area (Å²) in [4.78, 5) is 36.0. The average Bonchev–Trinajstić information content (AvgIpc) is 3.08. The summed E-state index contributed by atoms with van der Waals surface area (Å²) in [6, 6.07) is 9.49. The van der Waals surface area contributed by atoms with E-state index < -0.39 is 11.9 Å². The molecule has 5 atom stereocenters. The molecule has 1 aromatic carbocycles. The largest absolute Gasteiger partial charge is 0.360 e. The SMILES string of the molecule is CC1(C)NC(O)N(c2nc3ccccc3n(C3CC4CCCC(C3)N4C3CC4CCCC(C4)C3)c2=O)C1=O. The van der Waals surface area contributed by atoms with Crippen molar-refractivity contribution >= 4 is 22.8 Å². The molecule has 1 amide bonds. The number of carbonyl (C=O) groups is 1. The lowest BCUT2D eigenvalue weighted by Gasteiger charge is -2.55. The molecule has 3 saturated heterocycles. The average molecular weight is 520 g/mol. The molecule has 5 aliphatic rings. The van der Waals surface area contributed by atoms with Crippen LogP contribution in [-0.2, 0) is 4.79 Å². The van der Waals surface area contributed by atoms with Crippen molar-refractivity contribution in [3.8, 4) is 0 Å². The zero-order chi connectivity index (χ0) is 26.2. The fourth-order valence-electron chi connectivity index (χ4n) is 8.87. The summed E-state index contributed by atoms with van der Waals surface area (Å²) >= 11 is 0. The summed E-state index contributed by atoms with van der Waals surface area (Å²) in [7, 11) is 0. The molecule has 1 aromatic heterocycles. The number of para-hydroxylation sites is 2. The van der Waals surface area contributed by atoms with Gasteiger partial charge < -0.3 is 9.67 Å². The van der Waals surface area contributed by atoms with E-state index in [2.05, 4.69) is 15.2 Å². The minimum Gasteiger partial charge on any atom is -0.360 e. The van der Waals surface area contributed by atoms with Crippen molar-refractivity contribution in [2.45, 2.75) is 121 Å². The Bertz CT molecular complexity index is 1280. The summed E-state index contributed by atoms with van der Waals surface area (Å²) in [6.07, 6.45) is 12.7. The first-order chi connectivity index (χ1) is 18.3. The highest BCUT2D eigenvalue weighted by atomic mass is 16.3. The number of fused-ring (bicyclic) bond motifs is 5. The van der Waals surface area contributed by atoms with Crippen LogP contribution < -0.4 is 15.8 Å². The summed E-state index contributed by atoms with van der Waals surface area (Å²) in [5.74, 6) is 1.49. The Balaban J connectivity index is 1.25. The molecule has 7 rings (SSSR count). The third-order valence-corrected chi connectivity index (χ3v) is 10.4. The maximum absolute atomic E-state index is 14.2. The lowest BCUT2D eigenvalue weighted by Crippen LogP contribution is -2.58. The predicted molar refractivity (Wildman–Crippen MR) is 147 cm³/mol. The maximum atomic E-state index is 14.2. The van der Waals surface area contributed by atoms with E-state index in [-0.39, 0.29) is 23.3 Å². The van der Waals surface area contributed by atoms with Crippen LogP contribution in [0, 0.1) is 11.8 Å². The molecular weight excluding hydrogens is 478 g/mol. The van der Waals surface area contributed by atoms with Crippen LogP contribution in [0.2, 0.25) is 0 Å². The fourth-order valence-corrected chi connectivity index (χ4v) is 8.87. The van der Waals surface area contributed by atoms with E-state index in [0.717, 1.165) is 35.1 Å². The number of piperidine rings is 2. The van der Waals surface area contributed by atoms with Crippen molar-refractivity contribution in [3.05, 3.63) is 34.6 Å². The van der Waals surface area contributed by atoms with E-state index in [1.807, 2.05) is 28.8 Å². The van der Waals surface area contributed by atoms with Crippen LogP contribution in [0.4, 0.5) is 5.82 Å². The summed E-state index contributed by atoms with van der Waals surface area (Å²) in [6.45, 7) is 3.43. The maximum Gasteiger partial charge on any atom is 0.294 e. The molecule has 5 fully saturated rings. The molecule has 2 aromatic rings. The van der Waals surface area contributed by atoms with E-state index in [1.54, 1.807) is 13.8 Å². The van der Waals surface area contributed by atoms with Gasteiger partial charge in [0.25, 0.3) is 11.5 Å². The zero-order valence-electron chi connectivity index (χ0n) is 22.7. The molecule has 3 aliphatic heterocycles. The molecule has 8 nitrogen and oxygen atoms in total. The zero-order valence-corrected chi connectivity index (χ0v) is 22.7. The topological polar surface area (TPSA) is 90.7 Å². The second-order valence-electron chi connectivity index (χ2n) is 13.3. The van der Waals surface area contributed by atoms with Gasteiger partial charge in [0.05, 0.1) is 16.6 Å². The van der Waals surface area contributed by atoms with Crippen molar-refractivity contribution in [2.24, 2.45) is 11.8 Å². The van der Waals surface area contributed by atoms with Gasteiger partial charge in [0.15, 0.2) is 6.35 Å². The first-order valence-corrected chi connectivity index (χ1v) is 14.9. The van der Waals surface area contributed by atoms with Gasteiger partial charge >= 0.3 is 0 Å².